The number of rotatable bonds is 3. The third-order valence-corrected chi connectivity index (χ3v) is 4.47. The number of amides is 1. The van der Waals surface area contributed by atoms with E-state index in [2.05, 4.69) is 10.3 Å². The fourth-order valence-corrected chi connectivity index (χ4v) is 3.28. The summed E-state index contributed by atoms with van der Waals surface area (Å²) >= 11 is 0. The predicted molar refractivity (Wildman–Crippen MR) is 104 cm³/mol. The number of nitrogens with zero attached hydrogens (tertiary/aromatic N) is 2. The van der Waals surface area contributed by atoms with Gasteiger partial charge in [-0.05, 0) is 51.4 Å². The van der Waals surface area contributed by atoms with E-state index in [-0.39, 0.29) is 30.7 Å². The van der Waals surface area contributed by atoms with Crippen molar-refractivity contribution in [3.05, 3.63) is 41.6 Å². The van der Waals surface area contributed by atoms with E-state index >= 15 is 0 Å². The van der Waals surface area contributed by atoms with Gasteiger partial charge < -0.3 is 10.2 Å². The third-order valence-electron chi connectivity index (χ3n) is 4.47. The van der Waals surface area contributed by atoms with Crippen molar-refractivity contribution in [3.63, 3.8) is 0 Å². The van der Waals surface area contributed by atoms with Crippen molar-refractivity contribution in [1.82, 2.24) is 15.2 Å². The highest BCUT2D eigenvalue weighted by molar-refractivity contribution is 6.06. The van der Waals surface area contributed by atoms with Crippen LogP contribution in [0.1, 0.15) is 28.9 Å². The van der Waals surface area contributed by atoms with Crippen LogP contribution in [0.25, 0.3) is 10.9 Å². The lowest BCUT2D eigenvalue weighted by molar-refractivity contribution is 0.0692. The molecule has 1 aliphatic heterocycles. The number of likely N-dealkylation sites (tertiary alicyclic amines) is 1. The smallest absolute Gasteiger partial charge is 0.254 e. The Bertz CT molecular complexity index is 685. The minimum absolute atomic E-state index is 0. The summed E-state index contributed by atoms with van der Waals surface area (Å²) in [7, 11) is 1.99. The first-order valence-corrected chi connectivity index (χ1v) is 7.99. The number of nitrogens with one attached hydrogen (secondary N) is 1. The summed E-state index contributed by atoms with van der Waals surface area (Å²) in [6.07, 6.45) is 2.16. The minimum atomic E-state index is 0. The Morgan fingerprint density at radius 3 is 2.58 bits per heavy atom. The highest BCUT2D eigenvalue weighted by atomic mass is 35.5. The van der Waals surface area contributed by atoms with Gasteiger partial charge in [0.15, 0.2) is 0 Å². The van der Waals surface area contributed by atoms with Gasteiger partial charge in [0.05, 0.1) is 11.1 Å². The number of carbonyl (C=O) groups excluding carboxylic acids is 1. The molecular formula is C18H25Cl2N3O. The summed E-state index contributed by atoms with van der Waals surface area (Å²) in [6, 6.07) is 9.81. The molecule has 132 valence electrons. The molecule has 3 rings (SSSR count). The maximum atomic E-state index is 12.9. The van der Waals surface area contributed by atoms with Gasteiger partial charge in [0.25, 0.3) is 5.91 Å². The van der Waals surface area contributed by atoms with Gasteiger partial charge in [-0.3, -0.25) is 9.78 Å². The molecule has 1 aromatic carbocycles. The van der Waals surface area contributed by atoms with Gasteiger partial charge in [0, 0.05) is 24.2 Å². The van der Waals surface area contributed by atoms with E-state index in [4.69, 9.17) is 0 Å². The molecule has 0 saturated carbocycles. The summed E-state index contributed by atoms with van der Waals surface area (Å²) in [6.45, 7) is 4.68. The van der Waals surface area contributed by atoms with Crippen LogP contribution < -0.4 is 5.32 Å². The van der Waals surface area contributed by atoms with Crippen molar-refractivity contribution >= 4 is 41.6 Å². The van der Waals surface area contributed by atoms with E-state index in [0.29, 0.717) is 5.92 Å². The average Bonchev–Trinajstić information content (AvgIpc) is 2.54. The number of carbonyl (C=O) groups is 1. The standard InChI is InChI=1S/C18H23N3O.2ClH/c1-13-11-16(15-5-3-4-6-17(15)20-13)18(22)21-9-7-14(8-10-21)12-19-2;;/h3-6,11,14,19H,7-10,12H2,1-2H3;2*1H. The van der Waals surface area contributed by atoms with Gasteiger partial charge in [-0.25, -0.2) is 0 Å². The monoisotopic (exact) mass is 369 g/mol. The van der Waals surface area contributed by atoms with Crippen molar-refractivity contribution in [2.24, 2.45) is 5.92 Å². The number of halogens is 2. The average molecular weight is 370 g/mol. The second kappa shape index (κ2) is 9.21. The quantitative estimate of drug-likeness (QED) is 0.900. The largest absolute Gasteiger partial charge is 0.339 e. The summed E-state index contributed by atoms with van der Waals surface area (Å²) in [5, 5.41) is 4.19. The van der Waals surface area contributed by atoms with Crippen molar-refractivity contribution in [2.75, 3.05) is 26.7 Å². The van der Waals surface area contributed by atoms with Crippen molar-refractivity contribution < 1.29 is 4.79 Å². The molecule has 1 fully saturated rings. The zero-order valence-corrected chi connectivity index (χ0v) is 15.8. The van der Waals surface area contributed by atoms with Crippen LogP contribution in [0.15, 0.2) is 30.3 Å². The number of aryl methyl sites for hydroxylation is 1. The Hall–Kier alpha value is -1.36. The zero-order chi connectivity index (χ0) is 15.5. The van der Waals surface area contributed by atoms with Gasteiger partial charge in [0.1, 0.15) is 0 Å². The van der Waals surface area contributed by atoms with Gasteiger partial charge >= 0.3 is 0 Å². The summed E-state index contributed by atoms with van der Waals surface area (Å²) < 4.78 is 0. The molecule has 0 atom stereocenters. The predicted octanol–water partition coefficient (Wildman–Crippen LogP) is 3.46. The van der Waals surface area contributed by atoms with Crippen LogP contribution in [0.5, 0.6) is 0 Å². The van der Waals surface area contributed by atoms with Crippen LogP contribution in [-0.2, 0) is 0 Å². The first kappa shape index (κ1) is 20.7. The molecule has 1 saturated heterocycles. The van der Waals surface area contributed by atoms with E-state index < -0.39 is 0 Å². The van der Waals surface area contributed by atoms with Crippen molar-refractivity contribution in [3.8, 4) is 0 Å². The molecule has 2 aromatic rings. The molecule has 24 heavy (non-hydrogen) atoms. The number of piperidine rings is 1. The van der Waals surface area contributed by atoms with Crippen LogP contribution in [0.2, 0.25) is 0 Å². The number of hydrogen-bond donors (Lipinski definition) is 1. The van der Waals surface area contributed by atoms with Gasteiger partial charge in [0.2, 0.25) is 0 Å². The topological polar surface area (TPSA) is 45.2 Å². The molecule has 0 radical (unpaired) electrons. The molecule has 1 aliphatic rings. The van der Waals surface area contributed by atoms with E-state index in [1.807, 2.05) is 49.2 Å². The minimum Gasteiger partial charge on any atom is -0.339 e. The first-order valence-electron chi connectivity index (χ1n) is 7.99. The van der Waals surface area contributed by atoms with Crippen molar-refractivity contribution in [1.29, 1.82) is 0 Å². The zero-order valence-electron chi connectivity index (χ0n) is 14.1. The number of aromatic nitrogens is 1. The Morgan fingerprint density at radius 2 is 1.92 bits per heavy atom. The number of benzene rings is 1. The lowest BCUT2D eigenvalue weighted by atomic mass is 9.96. The van der Waals surface area contributed by atoms with Gasteiger partial charge in [-0.2, -0.15) is 0 Å². The molecule has 1 aromatic heterocycles. The molecule has 1 N–H and O–H groups in total. The Balaban J connectivity index is 0.00000144. The molecular weight excluding hydrogens is 345 g/mol. The lowest BCUT2D eigenvalue weighted by Crippen LogP contribution is -2.40. The molecule has 1 amide bonds. The van der Waals surface area contributed by atoms with Gasteiger partial charge in [-0.15, -0.1) is 24.8 Å². The second-order valence-corrected chi connectivity index (χ2v) is 6.12. The second-order valence-electron chi connectivity index (χ2n) is 6.12. The number of pyridine rings is 1. The maximum Gasteiger partial charge on any atom is 0.254 e. The lowest BCUT2D eigenvalue weighted by Gasteiger charge is -2.32. The van der Waals surface area contributed by atoms with Crippen LogP contribution in [0.3, 0.4) is 0 Å². The Labute approximate surface area is 155 Å². The molecule has 2 heterocycles. The number of fused-ring (bicyclic) bond motifs is 1. The molecule has 4 nitrogen and oxygen atoms in total. The number of para-hydroxylation sites is 1. The Morgan fingerprint density at radius 1 is 1.25 bits per heavy atom. The van der Waals surface area contributed by atoms with E-state index in [9.17, 15) is 4.79 Å². The highest BCUT2D eigenvalue weighted by Crippen LogP contribution is 2.23. The molecule has 0 bridgehead atoms. The molecule has 0 spiro atoms. The van der Waals surface area contributed by atoms with E-state index in [1.165, 1.54) is 0 Å². The van der Waals surface area contributed by atoms with Crippen LogP contribution in [0.4, 0.5) is 0 Å². The summed E-state index contributed by atoms with van der Waals surface area (Å²) in [4.78, 5) is 19.4. The fraction of sp³-hybridized carbons (Fsp3) is 0.444. The highest BCUT2D eigenvalue weighted by Gasteiger charge is 2.24. The summed E-state index contributed by atoms with van der Waals surface area (Å²) in [5.74, 6) is 0.828. The van der Waals surface area contributed by atoms with E-state index in [1.54, 1.807) is 0 Å². The van der Waals surface area contributed by atoms with Crippen LogP contribution >= 0.6 is 24.8 Å². The van der Waals surface area contributed by atoms with Gasteiger partial charge in [-0.1, -0.05) is 18.2 Å². The summed E-state index contributed by atoms with van der Waals surface area (Å²) in [5.41, 5.74) is 2.58. The van der Waals surface area contributed by atoms with Crippen LogP contribution in [0, 0.1) is 12.8 Å². The first-order chi connectivity index (χ1) is 10.7. The molecule has 6 heteroatoms. The van der Waals surface area contributed by atoms with Crippen molar-refractivity contribution in [2.45, 2.75) is 19.8 Å². The fourth-order valence-electron chi connectivity index (χ4n) is 3.28. The molecule has 0 unspecified atom stereocenters. The third kappa shape index (κ3) is 4.38. The van der Waals surface area contributed by atoms with Crippen LogP contribution in [-0.4, -0.2) is 42.5 Å². The normalized spacial score (nSPS) is 14.8. The SMILES string of the molecule is CNCC1CCN(C(=O)c2cc(C)nc3ccccc23)CC1.Cl.Cl. The Kier molecular flexibility index (Phi) is 7.94. The number of hydrogen-bond acceptors (Lipinski definition) is 3. The molecule has 0 aliphatic carbocycles. The van der Waals surface area contributed by atoms with E-state index in [0.717, 1.165) is 54.6 Å². The maximum absolute atomic E-state index is 12.9.